The molecule has 2 aromatic rings. The van der Waals surface area contributed by atoms with Crippen molar-refractivity contribution in [2.24, 2.45) is 5.41 Å². The van der Waals surface area contributed by atoms with Crippen LogP contribution in [0.1, 0.15) is 81.2 Å². The van der Waals surface area contributed by atoms with E-state index in [4.69, 9.17) is 18.9 Å². The van der Waals surface area contributed by atoms with Gasteiger partial charge in [0, 0.05) is 34.8 Å². The molecule has 3 unspecified atom stereocenters. The molecule has 1 aliphatic heterocycles. The Kier molecular flexibility index (Phi) is 8.78. The molecule has 2 aliphatic carbocycles. The Balaban J connectivity index is 1.32. The molecule has 0 radical (unpaired) electrons. The molecule has 232 valence electrons. The van der Waals surface area contributed by atoms with Gasteiger partial charge in [0.25, 0.3) is 0 Å². The maximum Gasteiger partial charge on any atom is 0.306 e. The van der Waals surface area contributed by atoms with Crippen molar-refractivity contribution in [2.45, 2.75) is 71.5 Å². The molecule has 7 nitrogen and oxygen atoms in total. The second-order valence-corrected chi connectivity index (χ2v) is 15.1. The lowest BCUT2D eigenvalue weighted by atomic mass is 9.83. The van der Waals surface area contributed by atoms with Gasteiger partial charge >= 0.3 is 5.97 Å². The fourth-order valence-corrected chi connectivity index (χ4v) is 8.27. The van der Waals surface area contributed by atoms with Gasteiger partial charge in [-0.2, -0.15) is 0 Å². The highest BCUT2D eigenvalue weighted by Crippen LogP contribution is 2.45. The molecule has 5 rings (SSSR count). The van der Waals surface area contributed by atoms with E-state index in [0.29, 0.717) is 49.5 Å². The Labute approximate surface area is 254 Å². The van der Waals surface area contributed by atoms with E-state index in [1.807, 2.05) is 45.0 Å². The molecule has 0 fully saturated rings. The van der Waals surface area contributed by atoms with E-state index in [1.165, 1.54) is 19.4 Å². The van der Waals surface area contributed by atoms with Crippen LogP contribution in [0.3, 0.4) is 0 Å². The Morgan fingerprint density at radius 3 is 2.63 bits per heavy atom. The Morgan fingerprint density at radius 1 is 1.16 bits per heavy atom. The first-order valence-electron chi connectivity index (χ1n) is 14.7. The number of fused-ring (bicyclic) bond motifs is 2. The first kappa shape index (κ1) is 31.3. The van der Waals surface area contributed by atoms with Crippen molar-refractivity contribution in [3.05, 3.63) is 75.6 Å². The fraction of sp³-hybridized carbons (Fsp3) is 0.500. The maximum atomic E-state index is 15.4. The van der Waals surface area contributed by atoms with Crippen LogP contribution in [0.5, 0.6) is 11.5 Å². The van der Waals surface area contributed by atoms with Crippen LogP contribution in [0, 0.1) is 11.2 Å². The quantitative estimate of drug-likeness (QED) is 0.283. The molecule has 0 amide bonds. The zero-order valence-electron chi connectivity index (χ0n) is 25.8. The van der Waals surface area contributed by atoms with Gasteiger partial charge < -0.3 is 18.9 Å². The van der Waals surface area contributed by atoms with Crippen molar-refractivity contribution in [3.8, 4) is 11.5 Å². The number of halogens is 1. The molecule has 0 spiro atoms. The summed E-state index contributed by atoms with van der Waals surface area (Å²) in [6.45, 7) is 8.68. The number of allylic oxidation sites excluding steroid dienone is 2. The summed E-state index contributed by atoms with van der Waals surface area (Å²) in [5.41, 5.74) is 6.36. The predicted molar refractivity (Wildman–Crippen MR) is 164 cm³/mol. The van der Waals surface area contributed by atoms with E-state index in [0.717, 1.165) is 33.4 Å². The summed E-state index contributed by atoms with van der Waals surface area (Å²) in [6, 6.07) is 9.00. The van der Waals surface area contributed by atoms with Crippen LogP contribution in [0.25, 0.3) is 5.57 Å². The van der Waals surface area contributed by atoms with Gasteiger partial charge in [0.1, 0.15) is 33.3 Å². The number of methoxy groups -OCH3 is 1. The zero-order valence-corrected chi connectivity index (χ0v) is 26.6. The van der Waals surface area contributed by atoms with Gasteiger partial charge in [-0.1, -0.05) is 37.6 Å². The summed E-state index contributed by atoms with van der Waals surface area (Å²) in [7, 11) is -1.73. The van der Waals surface area contributed by atoms with Gasteiger partial charge in [0.15, 0.2) is 0 Å². The van der Waals surface area contributed by atoms with Crippen LogP contribution in [-0.2, 0) is 30.5 Å². The monoisotopic (exact) mass is 612 g/mol. The zero-order chi connectivity index (χ0) is 31.1. The minimum absolute atomic E-state index is 0.0593. The second kappa shape index (κ2) is 12.1. The molecule has 0 saturated heterocycles. The van der Waals surface area contributed by atoms with Crippen molar-refractivity contribution < 1.29 is 36.6 Å². The molecule has 0 saturated carbocycles. The average molecular weight is 613 g/mol. The fourth-order valence-electron chi connectivity index (χ4n) is 6.77. The summed E-state index contributed by atoms with van der Waals surface area (Å²) in [5, 5.41) is 0. The van der Waals surface area contributed by atoms with Crippen molar-refractivity contribution in [1.29, 1.82) is 0 Å². The molecule has 0 aromatic heterocycles. The molecular weight excluding hydrogens is 571 g/mol. The number of sulfone groups is 1. The minimum Gasteiger partial charge on any atom is -0.492 e. The van der Waals surface area contributed by atoms with E-state index < -0.39 is 21.4 Å². The van der Waals surface area contributed by atoms with Crippen molar-refractivity contribution in [3.63, 3.8) is 0 Å². The molecule has 1 heterocycles. The number of rotatable bonds is 10. The standard InChI is InChI=1S/C34H41FO7S/c1-20-13-24(41-18-34(3,4)19-43(6,37)38)14-21(2)32(20)26-9-11-28(35)33-27(26)10-12-29(33)42-23-7-8-25-22(15-31(36)39-5)17-40-30(25)16-23/h7-9,11,13,16,22,24,29H,10,12,14-15,17-19H2,1-6H3. The van der Waals surface area contributed by atoms with Crippen LogP contribution in [0.4, 0.5) is 4.39 Å². The van der Waals surface area contributed by atoms with E-state index in [1.54, 1.807) is 0 Å². The van der Waals surface area contributed by atoms with Gasteiger partial charge in [-0.25, -0.2) is 12.8 Å². The third-order valence-corrected chi connectivity index (χ3v) is 9.75. The normalized spacial score (nSPS) is 21.7. The van der Waals surface area contributed by atoms with E-state index in [9.17, 15) is 13.2 Å². The van der Waals surface area contributed by atoms with Gasteiger partial charge in [-0.3, -0.25) is 4.79 Å². The highest BCUT2D eigenvalue weighted by Gasteiger charge is 2.34. The summed E-state index contributed by atoms with van der Waals surface area (Å²) < 4.78 is 62.2. The number of carbonyl (C=O) groups is 1. The van der Waals surface area contributed by atoms with Gasteiger partial charge in [-0.05, 0) is 67.5 Å². The Morgan fingerprint density at radius 2 is 1.93 bits per heavy atom. The summed E-state index contributed by atoms with van der Waals surface area (Å²) in [4.78, 5) is 11.8. The van der Waals surface area contributed by atoms with Crippen LogP contribution in [-0.4, -0.2) is 52.8 Å². The SMILES string of the molecule is COC(=O)CC1COc2cc(OC3CCc4c(C5=C(C)CC(OCC(C)(C)CS(C)(=O)=O)C=C5C)ccc(F)c43)ccc21. The van der Waals surface area contributed by atoms with Crippen LogP contribution < -0.4 is 9.47 Å². The molecule has 43 heavy (non-hydrogen) atoms. The topological polar surface area (TPSA) is 88.1 Å². The van der Waals surface area contributed by atoms with E-state index >= 15 is 4.39 Å². The van der Waals surface area contributed by atoms with Gasteiger partial charge in [0.2, 0.25) is 0 Å². The predicted octanol–water partition coefficient (Wildman–Crippen LogP) is 6.51. The highest BCUT2D eigenvalue weighted by molar-refractivity contribution is 7.90. The van der Waals surface area contributed by atoms with Crippen molar-refractivity contribution in [1.82, 2.24) is 0 Å². The van der Waals surface area contributed by atoms with Crippen LogP contribution in [0.15, 0.2) is 47.6 Å². The molecule has 2 aromatic carbocycles. The first-order chi connectivity index (χ1) is 20.2. The van der Waals surface area contributed by atoms with Gasteiger partial charge in [-0.15, -0.1) is 0 Å². The average Bonchev–Trinajstić information content (AvgIpc) is 3.51. The molecule has 9 heteroatoms. The molecule has 3 atom stereocenters. The van der Waals surface area contributed by atoms with Crippen LogP contribution in [0.2, 0.25) is 0 Å². The summed E-state index contributed by atoms with van der Waals surface area (Å²) in [6.07, 6.45) is 5.05. The van der Waals surface area contributed by atoms with E-state index in [2.05, 4.69) is 13.0 Å². The number of ether oxygens (including phenoxy) is 4. The smallest absolute Gasteiger partial charge is 0.306 e. The lowest BCUT2D eigenvalue weighted by molar-refractivity contribution is -0.141. The lowest BCUT2D eigenvalue weighted by Crippen LogP contribution is -2.31. The number of esters is 1. The Hall–Kier alpha value is -3.17. The number of hydrogen-bond donors (Lipinski definition) is 0. The number of carbonyl (C=O) groups excluding carboxylic acids is 1. The lowest BCUT2D eigenvalue weighted by Gasteiger charge is -2.30. The summed E-state index contributed by atoms with van der Waals surface area (Å²) >= 11 is 0. The summed E-state index contributed by atoms with van der Waals surface area (Å²) in [5.74, 6) is 0.731. The largest absolute Gasteiger partial charge is 0.492 e. The molecule has 0 bridgehead atoms. The number of benzene rings is 2. The highest BCUT2D eigenvalue weighted by atomic mass is 32.2. The molecule has 0 N–H and O–H groups in total. The van der Waals surface area contributed by atoms with E-state index in [-0.39, 0.29) is 36.0 Å². The number of hydrogen-bond acceptors (Lipinski definition) is 7. The minimum atomic E-state index is -3.11. The second-order valence-electron chi connectivity index (χ2n) is 12.9. The third-order valence-electron chi connectivity index (χ3n) is 8.44. The molecule has 3 aliphatic rings. The Bertz CT molecular complexity index is 1590. The first-order valence-corrected chi connectivity index (χ1v) is 16.8. The van der Waals surface area contributed by atoms with Crippen LogP contribution >= 0.6 is 0 Å². The van der Waals surface area contributed by atoms with Gasteiger partial charge in [0.05, 0.1) is 38.6 Å². The van der Waals surface area contributed by atoms with Crippen molar-refractivity contribution >= 4 is 21.4 Å². The molecular formula is C34H41FO7S. The van der Waals surface area contributed by atoms with Crippen molar-refractivity contribution in [2.75, 3.05) is 32.3 Å². The third kappa shape index (κ3) is 6.99. The maximum absolute atomic E-state index is 15.4.